The number of nitrogens with one attached hydrogen (secondary N) is 3. The van der Waals surface area contributed by atoms with Gasteiger partial charge in [0.1, 0.15) is 11.4 Å². The first-order chi connectivity index (χ1) is 19.3. The third kappa shape index (κ3) is 5.58. The number of benzene rings is 3. The molecule has 0 fully saturated rings. The molecule has 8 nitrogen and oxygen atoms in total. The van der Waals surface area contributed by atoms with Crippen molar-refractivity contribution < 1.29 is 14.0 Å². The lowest BCUT2D eigenvalue weighted by atomic mass is 10.1. The standard InChI is InChI=1S/C31H27FN6O2/c1-4-28(39)34-23-11-8-12-24(17-23)36-31-33-18-25(32)29(37-31)21-14-13-20-15-27(38(19(2)3)26(20)16-21)30(40)35-22-9-6-5-7-10-22/h4-19H,1H2,2-3H3,(H,34,39)(H,35,40)(H,33,36,37). The Morgan fingerprint density at radius 1 is 0.925 bits per heavy atom. The van der Waals surface area contributed by atoms with E-state index in [4.69, 9.17) is 0 Å². The van der Waals surface area contributed by atoms with Gasteiger partial charge in [-0.25, -0.2) is 14.4 Å². The molecule has 40 heavy (non-hydrogen) atoms. The largest absolute Gasteiger partial charge is 0.334 e. The van der Waals surface area contributed by atoms with Crippen molar-refractivity contribution in [1.29, 1.82) is 0 Å². The first kappa shape index (κ1) is 26.3. The van der Waals surface area contributed by atoms with Crippen LogP contribution in [0, 0.1) is 5.82 Å². The van der Waals surface area contributed by atoms with Gasteiger partial charge in [-0.2, -0.15) is 0 Å². The average Bonchev–Trinajstić information content (AvgIpc) is 3.34. The smallest absolute Gasteiger partial charge is 0.272 e. The number of para-hydroxylation sites is 1. The summed E-state index contributed by atoms with van der Waals surface area (Å²) < 4.78 is 16.9. The van der Waals surface area contributed by atoms with Crippen molar-refractivity contribution in [3.05, 3.63) is 109 Å². The predicted octanol–water partition coefficient (Wildman–Crippen LogP) is 6.94. The van der Waals surface area contributed by atoms with Crippen molar-refractivity contribution in [1.82, 2.24) is 14.5 Å². The van der Waals surface area contributed by atoms with E-state index < -0.39 is 5.82 Å². The summed E-state index contributed by atoms with van der Waals surface area (Å²) in [5, 5.41) is 9.54. The van der Waals surface area contributed by atoms with Crippen molar-refractivity contribution in [2.24, 2.45) is 0 Å². The van der Waals surface area contributed by atoms with Crippen LogP contribution < -0.4 is 16.0 Å². The molecular weight excluding hydrogens is 507 g/mol. The molecule has 2 aromatic heterocycles. The van der Waals surface area contributed by atoms with Crippen LogP contribution in [0.15, 0.2) is 97.7 Å². The van der Waals surface area contributed by atoms with Crippen molar-refractivity contribution in [2.45, 2.75) is 19.9 Å². The summed E-state index contributed by atoms with van der Waals surface area (Å²) in [7, 11) is 0. The van der Waals surface area contributed by atoms with E-state index in [1.165, 1.54) is 6.08 Å². The molecule has 0 spiro atoms. The number of anilines is 4. The number of carbonyl (C=O) groups is 2. The van der Waals surface area contributed by atoms with Crippen molar-refractivity contribution in [2.75, 3.05) is 16.0 Å². The van der Waals surface area contributed by atoms with E-state index in [0.717, 1.165) is 17.1 Å². The summed E-state index contributed by atoms with van der Waals surface area (Å²) in [5.74, 6) is -0.962. The zero-order valence-corrected chi connectivity index (χ0v) is 22.0. The van der Waals surface area contributed by atoms with Gasteiger partial charge in [0.05, 0.1) is 6.20 Å². The molecule has 0 aliphatic rings. The molecule has 3 aromatic carbocycles. The summed E-state index contributed by atoms with van der Waals surface area (Å²) in [6, 6.07) is 23.5. The van der Waals surface area contributed by atoms with E-state index >= 15 is 0 Å². The number of halogens is 1. The van der Waals surface area contributed by atoms with Crippen LogP contribution >= 0.6 is 0 Å². The fraction of sp³-hybridized carbons (Fsp3) is 0.0968. The second-order valence-electron chi connectivity index (χ2n) is 9.38. The summed E-state index contributed by atoms with van der Waals surface area (Å²) in [5.41, 5.74) is 3.80. The first-order valence-corrected chi connectivity index (χ1v) is 12.7. The van der Waals surface area contributed by atoms with Crippen LogP contribution in [0.5, 0.6) is 0 Å². The lowest BCUT2D eigenvalue weighted by Gasteiger charge is -2.15. The van der Waals surface area contributed by atoms with Crippen LogP contribution in [0.4, 0.5) is 27.4 Å². The highest BCUT2D eigenvalue weighted by atomic mass is 19.1. The molecule has 2 amide bonds. The number of hydrogen-bond acceptors (Lipinski definition) is 5. The molecule has 0 bridgehead atoms. The Hall–Kier alpha value is -5.31. The second kappa shape index (κ2) is 11.2. The Kier molecular flexibility index (Phi) is 7.37. The summed E-state index contributed by atoms with van der Waals surface area (Å²) in [6.45, 7) is 7.43. The average molecular weight is 535 g/mol. The van der Waals surface area contributed by atoms with Crippen LogP contribution in [0.3, 0.4) is 0 Å². The molecule has 0 aliphatic carbocycles. The van der Waals surface area contributed by atoms with Gasteiger partial charge in [-0.3, -0.25) is 9.59 Å². The van der Waals surface area contributed by atoms with Gasteiger partial charge in [-0.15, -0.1) is 0 Å². The fourth-order valence-corrected chi connectivity index (χ4v) is 4.44. The Balaban J connectivity index is 1.48. The number of fused-ring (bicyclic) bond motifs is 1. The van der Waals surface area contributed by atoms with Gasteiger partial charge in [0.15, 0.2) is 5.82 Å². The summed E-state index contributed by atoms with van der Waals surface area (Å²) in [6.07, 6.45) is 2.29. The van der Waals surface area contributed by atoms with Crippen molar-refractivity contribution in [3.8, 4) is 11.3 Å². The number of carbonyl (C=O) groups excluding carboxylic acids is 2. The Morgan fingerprint density at radius 3 is 2.42 bits per heavy atom. The molecule has 5 rings (SSSR count). The molecule has 200 valence electrons. The van der Waals surface area contributed by atoms with Gasteiger partial charge in [0.2, 0.25) is 11.9 Å². The molecule has 0 saturated heterocycles. The number of rotatable bonds is 8. The monoisotopic (exact) mass is 534 g/mol. The Bertz CT molecular complexity index is 1730. The highest BCUT2D eigenvalue weighted by Crippen LogP contribution is 2.31. The van der Waals surface area contributed by atoms with E-state index in [9.17, 15) is 14.0 Å². The third-order valence-corrected chi connectivity index (χ3v) is 6.21. The number of hydrogen-bond donors (Lipinski definition) is 3. The van der Waals surface area contributed by atoms with Crippen LogP contribution in [0.25, 0.3) is 22.2 Å². The molecule has 0 saturated carbocycles. The van der Waals surface area contributed by atoms with Gasteiger partial charge >= 0.3 is 0 Å². The zero-order chi connectivity index (χ0) is 28.2. The molecule has 3 N–H and O–H groups in total. The van der Waals surface area contributed by atoms with Crippen molar-refractivity contribution in [3.63, 3.8) is 0 Å². The maximum absolute atomic E-state index is 15.0. The maximum Gasteiger partial charge on any atom is 0.272 e. The normalized spacial score (nSPS) is 10.9. The molecule has 0 unspecified atom stereocenters. The minimum Gasteiger partial charge on any atom is -0.334 e. The van der Waals surface area contributed by atoms with Gasteiger partial charge in [-0.1, -0.05) is 43.0 Å². The minimum atomic E-state index is -0.582. The zero-order valence-electron chi connectivity index (χ0n) is 22.0. The quantitative estimate of drug-likeness (QED) is 0.187. The third-order valence-electron chi connectivity index (χ3n) is 6.21. The van der Waals surface area contributed by atoms with E-state index in [1.807, 2.05) is 66.9 Å². The topological polar surface area (TPSA) is 101 Å². The van der Waals surface area contributed by atoms with Crippen LogP contribution in [-0.4, -0.2) is 26.3 Å². The highest BCUT2D eigenvalue weighted by molar-refractivity contribution is 6.07. The molecule has 5 aromatic rings. The summed E-state index contributed by atoms with van der Waals surface area (Å²) in [4.78, 5) is 33.3. The van der Waals surface area contributed by atoms with E-state index in [0.29, 0.717) is 28.3 Å². The second-order valence-corrected chi connectivity index (χ2v) is 9.38. The summed E-state index contributed by atoms with van der Waals surface area (Å²) >= 11 is 0. The molecule has 2 heterocycles. The Labute approximate surface area is 230 Å². The van der Waals surface area contributed by atoms with E-state index in [2.05, 4.69) is 32.5 Å². The molecule has 0 atom stereocenters. The van der Waals surface area contributed by atoms with Crippen LogP contribution in [0.1, 0.15) is 30.4 Å². The van der Waals surface area contributed by atoms with Crippen LogP contribution in [0.2, 0.25) is 0 Å². The van der Waals surface area contributed by atoms with Gasteiger partial charge in [0, 0.05) is 39.6 Å². The SMILES string of the molecule is C=CC(=O)Nc1cccc(Nc2ncc(F)c(-c3ccc4cc(C(=O)Nc5ccccc5)n(C(C)C)c4c3)n2)c1. The predicted molar refractivity (Wildman–Crippen MR) is 156 cm³/mol. The molecule has 0 radical (unpaired) electrons. The van der Waals surface area contributed by atoms with E-state index in [-0.39, 0.29) is 29.5 Å². The van der Waals surface area contributed by atoms with Gasteiger partial charge in [0.25, 0.3) is 5.91 Å². The minimum absolute atomic E-state index is 0.0365. The number of amides is 2. The van der Waals surface area contributed by atoms with Crippen molar-refractivity contribution >= 4 is 45.7 Å². The van der Waals surface area contributed by atoms with E-state index in [1.54, 1.807) is 30.3 Å². The first-order valence-electron chi connectivity index (χ1n) is 12.7. The van der Waals surface area contributed by atoms with Crippen LogP contribution in [-0.2, 0) is 4.79 Å². The van der Waals surface area contributed by atoms with Gasteiger partial charge < -0.3 is 20.5 Å². The Morgan fingerprint density at radius 2 is 1.68 bits per heavy atom. The molecule has 0 aliphatic heterocycles. The number of nitrogens with zero attached hydrogens (tertiary/aromatic N) is 3. The number of aromatic nitrogens is 3. The lowest BCUT2D eigenvalue weighted by molar-refractivity contribution is -0.111. The molecular formula is C31H27FN6O2. The highest BCUT2D eigenvalue weighted by Gasteiger charge is 2.19. The van der Waals surface area contributed by atoms with Gasteiger partial charge in [-0.05, 0) is 62.4 Å². The lowest BCUT2D eigenvalue weighted by Crippen LogP contribution is -2.18. The fourth-order valence-electron chi connectivity index (χ4n) is 4.44. The maximum atomic E-state index is 15.0. The molecule has 9 heteroatoms.